The lowest BCUT2D eigenvalue weighted by Crippen LogP contribution is -2.44. The Morgan fingerprint density at radius 2 is 1.78 bits per heavy atom. The zero-order valence-electron chi connectivity index (χ0n) is 19.9. The number of imidazole rings is 1. The monoisotopic (exact) mass is 528 g/mol. The summed E-state index contributed by atoms with van der Waals surface area (Å²) in [6, 6.07) is 1.66. The van der Waals surface area contributed by atoms with Crippen molar-refractivity contribution in [2.75, 3.05) is 18.1 Å². The van der Waals surface area contributed by atoms with Gasteiger partial charge in [-0.3, -0.25) is 4.40 Å². The van der Waals surface area contributed by atoms with Crippen molar-refractivity contribution in [1.29, 1.82) is 0 Å². The molecule has 3 aromatic rings. The molecule has 0 N–H and O–H groups in total. The molecule has 0 aliphatic carbocycles. The summed E-state index contributed by atoms with van der Waals surface area (Å²) in [5.41, 5.74) is 1.51. The second kappa shape index (κ2) is 9.30. The fourth-order valence-electron chi connectivity index (χ4n) is 3.93. The van der Waals surface area contributed by atoms with Crippen molar-refractivity contribution in [2.24, 2.45) is 0 Å². The molecular formula is C22H25F3N5O5S+. The molecule has 0 saturated carbocycles. The molecule has 10 nitrogen and oxygen atoms in total. The van der Waals surface area contributed by atoms with Crippen molar-refractivity contribution in [1.82, 2.24) is 19.4 Å². The van der Waals surface area contributed by atoms with E-state index >= 15 is 0 Å². The van der Waals surface area contributed by atoms with Gasteiger partial charge in [-0.2, -0.15) is 13.2 Å². The van der Waals surface area contributed by atoms with Gasteiger partial charge in [0.15, 0.2) is 16.4 Å². The van der Waals surface area contributed by atoms with Gasteiger partial charge in [0.2, 0.25) is 12.1 Å². The topological polar surface area (TPSA) is 116 Å². The minimum Gasteiger partial charge on any atom is -0.464 e. The summed E-state index contributed by atoms with van der Waals surface area (Å²) in [6.07, 6.45) is 0.0881. The molecule has 194 valence electrons. The third-order valence-corrected chi connectivity index (χ3v) is 7.85. The molecule has 0 atom stereocenters. The highest BCUT2D eigenvalue weighted by atomic mass is 32.2. The van der Waals surface area contributed by atoms with Gasteiger partial charge >= 0.3 is 6.18 Å². The lowest BCUT2D eigenvalue weighted by molar-refractivity contribution is -0.640. The quantitative estimate of drug-likeness (QED) is 0.426. The number of hydrogen-bond acceptors (Lipinski definition) is 8. The minimum atomic E-state index is -4.55. The number of hydrogen-bond donors (Lipinski definition) is 0. The number of rotatable bonds is 7. The molecule has 0 radical (unpaired) electrons. The number of alkyl halides is 3. The van der Waals surface area contributed by atoms with Crippen molar-refractivity contribution >= 4 is 15.5 Å². The third-order valence-electron chi connectivity index (χ3n) is 6.20. The van der Waals surface area contributed by atoms with Crippen LogP contribution in [0.2, 0.25) is 0 Å². The Morgan fingerprint density at radius 3 is 2.42 bits per heavy atom. The number of nitroso groups, excluding NO2 is 1. The van der Waals surface area contributed by atoms with E-state index in [-0.39, 0.29) is 36.8 Å². The van der Waals surface area contributed by atoms with Crippen molar-refractivity contribution in [3.63, 3.8) is 0 Å². The van der Waals surface area contributed by atoms with Gasteiger partial charge in [0.25, 0.3) is 11.8 Å². The number of ether oxygens (including phenoxy) is 2. The van der Waals surface area contributed by atoms with Crippen molar-refractivity contribution < 1.29 is 35.8 Å². The zero-order chi connectivity index (χ0) is 26.3. The molecule has 0 unspecified atom stereocenters. The van der Waals surface area contributed by atoms with E-state index < -0.39 is 34.0 Å². The summed E-state index contributed by atoms with van der Waals surface area (Å²) in [5.74, 6) is -0.380. The van der Waals surface area contributed by atoms with Gasteiger partial charge in [0, 0.05) is 48.0 Å². The van der Waals surface area contributed by atoms with E-state index in [1.807, 2.05) is 0 Å². The number of halogens is 3. The molecule has 0 spiro atoms. The fraction of sp³-hybridized carbons (Fsp3) is 0.500. The molecule has 4 rings (SSSR count). The van der Waals surface area contributed by atoms with Gasteiger partial charge < -0.3 is 9.47 Å². The summed E-state index contributed by atoms with van der Waals surface area (Å²) >= 11 is 0. The van der Waals surface area contributed by atoms with Crippen molar-refractivity contribution in [3.8, 4) is 17.5 Å². The highest BCUT2D eigenvalue weighted by molar-refractivity contribution is 7.91. The first-order valence-corrected chi connectivity index (χ1v) is 12.9. The van der Waals surface area contributed by atoms with Crippen LogP contribution in [0, 0.1) is 18.8 Å². The van der Waals surface area contributed by atoms with E-state index in [2.05, 4.69) is 15.0 Å². The molecule has 1 aliphatic heterocycles. The zero-order valence-corrected chi connectivity index (χ0v) is 20.7. The Balaban J connectivity index is 1.58. The van der Waals surface area contributed by atoms with Gasteiger partial charge in [0.05, 0.1) is 17.2 Å². The number of aromatic nitrogens is 4. The summed E-state index contributed by atoms with van der Waals surface area (Å²) in [7, 11) is -3.11. The lowest BCUT2D eigenvalue weighted by atomic mass is 9.94. The van der Waals surface area contributed by atoms with Gasteiger partial charge in [-0.15, -0.1) is 0 Å². The molecule has 0 amide bonds. The first kappa shape index (κ1) is 25.8. The highest BCUT2D eigenvalue weighted by Crippen LogP contribution is 2.33. The summed E-state index contributed by atoms with van der Waals surface area (Å²) < 4.78 is 74.4. The lowest BCUT2D eigenvalue weighted by Gasteiger charge is -2.25. The van der Waals surface area contributed by atoms with Crippen LogP contribution in [0.3, 0.4) is 0 Å². The average Bonchev–Trinajstić information content (AvgIpc) is 3.23. The fourth-order valence-corrected chi connectivity index (χ4v) is 5.63. The maximum atomic E-state index is 13.0. The summed E-state index contributed by atoms with van der Waals surface area (Å²) in [4.78, 5) is 25.3. The van der Waals surface area contributed by atoms with Crippen LogP contribution in [0.1, 0.15) is 36.7 Å². The van der Waals surface area contributed by atoms with Crippen LogP contribution in [0.4, 0.5) is 13.2 Å². The van der Waals surface area contributed by atoms with E-state index in [1.165, 1.54) is 12.4 Å². The Bertz CT molecular complexity index is 1410. The summed E-state index contributed by atoms with van der Waals surface area (Å²) in [5, 5.41) is 0. The Morgan fingerprint density at radius 1 is 1.14 bits per heavy atom. The molecule has 1 fully saturated rings. The van der Waals surface area contributed by atoms with E-state index in [0.717, 1.165) is 4.76 Å². The van der Waals surface area contributed by atoms with Gasteiger partial charge in [0.1, 0.15) is 17.1 Å². The SMILES string of the molecule is Cc1cc(Oc2nccnc2OCC(F)(F)F)c(C)n2cc(C[N+](=O)C3(C)CCS(=O)(=O)CC3)nc12. The standard InChI is InChI=1S/C22H25F3N5O5S/c1-14-10-17(35-20-19(26-6-7-27-20)34-13-22(23,24)25)15(2)29-11-16(28-18(14)29)12-30(31)21(3)4-8-36(32,33)9-5-21/h6-7,10-11H,4-5,8-9,12-13H2,1-3H3/q+1. The molecule has 0 aromatic carbocycles. The number of fused-ring (bicyclic) bond motifs is 1. The van der Waals surface area contributed by atoms with Gasteiger partial charge in [-0.1, -0.05) is 0 Å². The highest BCUT2D eigenvalue weighted by Gasteiger charge is 2.45. The first-order chi connectivity index (χ1) is 16.8. The maximum Gasteiger partial charge on any atom is 0.422 e. The Labute approximate surface area is 205 Å². The number of nitrogens with zero attached hydrogens (tertiary/aromatic N) is 5. The minimum absolute atomic E-state index is 0.0244. The van der Waals surface area contributed by atoms with Crippen molar-refractivity contribution in [2.45, 2.75) is 51.9 Å². The van der Waals surface area contributed by atoms with Crippen LogP contribution in [-0.4, -0.2) is 62.4 Å². The average molecular weight is 529 g/mol. The Kier molecular flexibility index (Phi) is 6.66. The maximum absolute atomic E-state index is 13.0. The van der Waals surface area contributed by atoms with Crippen LogP contribution >= 0.6 is 0 Å². The van der Waals surface area contributed by atoms with Crippen LogP contribution < -0.4 is 9.47 Å². The molecule has 3 aromatic heterocycles. The van der Waals surface area contributed by atoms with E-state index in [4.69, 9.17) is 9.47 Å². The predicted octanol–water partition coefficient (Wildman–Crippen LogP) is 3.72. The van der Waals surface area contributed by atoms with Crippen LogP contribution in [0.25, 0.3) is 5.65 Å². The van der Waals surface area contributed by atoms with Gasteiger partial charge in [-0.25, -0.2) is 23.4 Å². The molecule has 1 aliphatic rings. The second-order valence-electron chi connectivity index (χ2n) is 9.06. The van der Waals surface area contributed by atoms with Crippen LogP contribution in [0.15, 0.2) is 24.7 Å². The van der Waals surface area contributed by atoms with Crippen LogP contribution in [0.5, 0.6) is 17.5 Å². The van der Waals surface area contributed by atoms with E-state index in [1.54, 1.807) is 37.4 Å². The van der Waals surface area contributed by atoms with Gasteiger partial charge in [-0.05, 0) is 25.5 Å². The number of sulfone groups is 1. The molecule has 0 bridgehead atoms. The summed E-state index contributed by atoms with van der Waals surface area (Å²) in [6.45, 7) is 3.68. The molecule has 14 heteroatoms. The normalized spacial score (nSPS) is 17.2. The number of aryl methyl sites for hydroxylation is 2. The molecule has 1 saturated heterocycles. The smallest absolute Gasteiger partial charge is 0.422 e. The second-order valence-corrected chi connectivity index (χ2v) is 11.4. The molecule has 4 heterocycles. The van der Waals surface area contributed by atoms with Crippen molar-refractivity contribution in [3.05, 3.63) is 46.5 Å². The molecular weight excluding hydrogens is 503 g/mol. The molecule has 36 heavy (non-hydrogen) atoms. The Hall–Kier alpha value is -3.29. The third kappa shape index (κ3) is 5.58. The largest absolute Gasteiger partial charge is 0.464 e. The predicted molar refractivity (Wildman–Crippen MR) is 122 cm³/mol. The van der Waals surface area contributed by atoms with E-state index in [9.17, 15) is 26.5 Å². The van der Waals surface area contributed by atoms with Crippen LogP contribution in [-0.2, 0) is 16.4 Å². The number of pyridine rings is 1. The van der Waals surface area contributed by atoms with E-state index in [0.29, 0.717) is 28.3 Å². The first-order valence-electron chi connectivity index (χ1n) is 11.1.